The van der Waals surface area contributed by atoms with E-state index in [1.165, 1.54) is 6.07 Å². The smallest absolute Gasteiger partial charge is 0.283 e. The van der Waals surface area contributed by atoms with Gasteiger partial charge in [0.1, 0.15) is 35.6 Å². The van der Waals surface area contributed by atoms with E-state index in [9.17, 15) is 26.7 Å². The minimum absolute atomic E-state index is 0.0434. The molecule has 164 valence electrons. The van der Waals surface area contributed by atoms with Crippen LogP contribution in [0, 0.1) is 17.6 Å². The zero-order valence-corrected chi connectivity index (χ0v) is 15.9. The van der Waals surface area contributed by atoms with Crippen molar-refractivity contribution in [1.82, 2.24) is 4.98 Å². The molecule has 1 aromatic carbocycles. The van der Waals surface area contributed by atoms with Crippen molar-refractivity contribution in [1.29, 1.82) is 0 Å². The number of aromatic nitrogens is 1. The summed E-state index contributed by atoms with van der Waals surface area (Å²) in [5.41, 5.74) is 3.17. The first kappa shape index (κ1) is 21.0. The number of ether oxygens (including phenoxy) is 1. The van der Waals surface area contributed by atoms with Crippen molar-refractivity contribution >= 4 is 17.6 Å². The van der Waals surface area contributed by atoms with Crippen molar-refractivity contribution in [2.75, 3.05) is 12.0 Å². The van der Waals surface area contributed by atoms with Gasteiger partial charge in [-0.25, -0.2) is 31.9 Å². The number of nitrogens with zero attached hydrogens (tertiary/aromatic N) is 2. The molecule has 2 heterocycles. The van der Waals surface area contributed by atoms with Crippen LogP contribution in [0.25, 0.3) is 0 Å². The highest BCUT2D eigenvalue weighted by Gasteiger charge is 2.60. The summed E-state index contributed by atoms with van der Waals surface area (Å²) in [5.74, 6) is -6.58. The predicted octanol–water partition coefficient (Wildman–Crippen LogP) is 3.54. The monoisotopic (exact) mass is 440 g/mol. The maximum atomic E-state index is 14.8. The van der Waals surface area contributed by atoms with Crippen LogP contribution < -0.4 is 11.1 Å². The summed E-state index contributed by atoms with van der Waals surface area (Å²) < 4.78 is 75.5. The van der Waals surface area contributed by atoms with Crippen LogP contribution in [0.4, 0.5) is 27.6 Å². The summed E-state index contributed by atoms with van der Waals surface area (Å²) in [7, 11) is 0. The Kier molecular flexibility index (Phi) is 5.06. The van der Waals surface area contributed by atoms with Gasteiger partial charge >= 0.3 is 0 Å². The molecule has 1 aliphatic heterocycles. The second kappa shape index (κ2) is 7.47. The molecule has 1 fully saturated rings. The standard InChI is InChI=1S/C20H17F5N4O2/c21-9-20(13-6-19(24,25)7-16(13)31-18(26)29-20)12-5-11(2-3-14(12)23)28-17(30)15-4-1-10(22)8-27-15/h1-5,8,13,16H,6-7,9H2,(H2,26,29)(H,28,30)/t13?,16-,20?/m0/s1. The number of benzene rings is 1. The summed E-state index contributed by atoms with van der Waals surface area (Å²) in [6.45, 7) is -1.30. The molecule has 6 nitrogen and oxygen atoms in total. The predicted molar refractivity (Wildman–Crippen MR) is 100 cm³/mol. The van der Waals surface area contributed by atoms with Gasteiger partial charge in [0.05, 0.1) is 6.20 Å². The van der Waals surface area contributed by atoms with Crippen LogP contribution in [0.3, 0.4) is 0 Å². The number of halogens is 5. The number of hydrogen-bond acceptors (Lipinski definition) is 5. The fraction of sp³-hybridized carbons (Fsp3) is 0.350. The second-order valence-corrected chi connectivity index (χ2v) is 7.55. The number of rotatable bonds is 4. The number of nitrogens with one attached hydrogen (secondary N) is 1. The summed E-state index contributed by atoms with van der Waals surface area (Å²) in [6, 6.07) is 4.96. The average molecular weight is 440 g/mol. The van der Waals surface area contributed by atoms with E-state index in [1.54, 1.807) is 0 Å². The lowest BCUT2D eigenvalue weighted by molar-refractivity contribution is -0.00299. The number of anilines is 1. The minimum Gasteiger partial charge on any atom is -0.461 e. The molecule has 1 amide bonds. The van der Waals surface area contributed by atoms with Crippen molar-refractivity contribution in [3.63, 3.8) is 0 Å². The molecule has 1 aromatic heterocycles. The van der Waals surface area contributed by atoms with E-state index in [0.717, 1.165) is 30.5 Å². The number of nitrogens with two attached hydrogens (primary N) is 1. The SMILES string of the molecule is NC1=NC(CF)(c2cc(NC(=O)c3ccc(F)cn3)ccc2F)C2CC(F)(F)C[C@@H]2O1. The first-order valence-corrected chi connectivity index (χ1v) is 9.32. The van der Waals surface area contributed by atoms with Crippen molar-refractivity contribution in [2.24, 2.45) is 16.6 Å². The Hall–Kier alpha value is -3.24. The first-order chi connectivity index (χ1) is 14.6. The number of carbonyl (C=O) groups excluding carboxylic acids is 1. The van der Waals surface area contributed by atoms with Gasteiger partial charge in [0.2, 0.25) is 0 Å². The van der Waals surface area contributed by atoms with Gasteiger partial charge in [-0.2, -0.15) is 0 Å². The largest absolute Gasteiger partial charge is 0.461 e. The normalized spacial score (nSPS) is 26.5. The Labute approximate surface area is 173 Å². The number of aliphatic imine (C=N–C) groups is 1. The van der Waals surface area contributed by atoms with E-state index in [2.05, 4.69) is 15.3 Å². The van der Waals surface area contributed by atoms with Crippen LogP contribution in [0.15, 0.2) is 41.5 Å². The molecule has 31 heavy (non-hydrogen) atoms. The second-order valence-electron chi connectivity index (χ2n) is 7.55. The van der Waals surface area contributed by atoms with Crippen molar-refractivity contribution in [2.45, 2.75) is 30.4 Å². The van der Waals surface area contributed by atoms with Gasteiger partial charge in [-0.05, 0) is 30.3 Å². The Balaban J connectivity index is 1.72. The van der Waals surface area contributed by atoms with E-state index in [4.69, 9.17) is 10.5 Å². The molecule has 0 saturated heterocycles. The number of amides is 1. The van der Waals surface area contributed by atoms with E-state index >= 15 is 0 Å². The fourth-order valence-electron chi connectivity index (χ4n) is 4.14. The molecular weight excluding hydrogens is 423 g/mol. The Morgan fingerprint density at radius 3 is 2.68 bits per heavy atom. The van der Waals surface area contributed by atoms with Gasteiger partial charge in [0.25, 0.3) is 17.9 Å². The molecule has 1 aliphatic carbocycles. The van der Waals surface area contributed by atoms with Crippen LogP contribution in [0.2, 0.25) is 0 Å². The van der Waals surface area contributed by atoms with Crippen LogP contribution in [0.1, 0.15) is 28.9 Å². The topological polar surface area (TPSA) is 89.6 Å². The molecular formula is C20H17F5N4O2. The van der Waals surface area contributed by atoms with Gasteiger partial charge in [0.15, 0.2) is 0 Å². The van der Waals surface area contributed by atoms with Gasteiger partial charge in [-0.3, -0.25) is 4.79 Å². The molecule has 11 heteroatoms. The van der Waals surface area contributed by atoms with E-state index < -0.39 is 66.6 Å². The lowest BCUT2D eigenvalue weighted by Crippen LogP contribution is -2.48. The third-order valence-corrected chi connectivity index (χ3v) is 5.52. The fourth-order valence-corrected chi connectivity index (χ4v) is 4.14. The van der Waals surface area contributed by atoms with E-state index in [-0.39, 0.29) is 16.9 Å². The van der Waals surface area contributed by atoms with Crippen molar-refractivity contribution in [3.05, 3.63) is 59.4 Å². The number of hydrogen-bond donors (Lipinski definition) is 2. The molecule has 1 saturated carbocycles. The number of pyridine rings is 1. The lowest BCUT2D eigenvalue weighted by atomic mass is 9.76. The Morgan fingerprint density at radius 1 is 1.23 bits per heavy atom. The van der Waals surface area contributed by atoms with Gasteiger partial charge in [-0.15, -0.1) is 0 Å². The molecule has 2 unspecified atom stereocenters. The highest BCUT2D eigenvalue weighted by molar-refractivity contribution is 6.02. The zero-order valence-electron chi connectivity index (χ0n) is 15.9. The highest BCUT2D eigenvalue weighted by atomic mass is 19.3. The maximum Gasteiger partial charge on any atom is 0.283 e. The van der Waals surface area contributed by atoms with Gasteiger partial charge < -0.3 is 15.8 Å². The van der Waals surface area contributed by atoms with Gasteiger partial charge in [-0.1, -0.05) is 0 Å². The number of amidine groups is 1. The lowest BCUT2D eigenvalue weighted by Gasteiger charge is -2.40. The zero-order chi connectivity index (χ0) is 22.4. The molecule has 0 radical (unpaired) electrons. The third-order valence-electron chi connectivity index (χ3n) is 5.52. The van der Waals surface area contributed by atoms with Crippen LogP contribution in [-0.2, 0) is 10.3 Å². The highest BCUT2D eigenvalue weighted by Crippen LogP contribution is 2.53. The molecule has 2 aromatic rings. The molecule has 3 N–H and O–H groups in total. The Bertz CT molecular complexity index is 1050. The summed E-state index contributed by atoms with van der Waals surface area (Å²) >= 11 is 0. The number of fused-ring (bicyclic) bond motifs is 1. The molecule has 3 atom stereocenters. The molecule has 0 bridgehead atoms. The maximum absolute atomic E-state index is 14.8. The molecule has 0 spiro atoms. The van der Waals surface area contributed by atoms with Gasteiger partial charge in [0, 0.05) is 30.0 Å². The van der Waals surface area contributed by atoms with E-state index in [1.807, 2.05) is 0 Å². The third kappa shape index (κ3) is 3.79. The summed E-state index contributed by atoms with van der Waals surface area (Å²) in [4.78, 5) is 19.9. The summed E-state index contributed by atoms with van der Waals surface area (Å²) in [6.07, 6.45) is -1.73. The van der Waals surface area contributed by atoms with Crippen molar-refractivity contribution < 1.29 is 31.5 Å². The quantitative estimate of drug-likeness (QED) is 0.712. The van der Waals surface area contributed by atoms with Crippen LogP contribution in [0.5, 0.6) is 0 Å². The molecule has 4 rings (SSSR count). The van der Waals surface area contributed by atoms with Crippen LogP contribution in [-0.4, -0.2) is 35.6 Å². The van der Waals surface area contributed by atoms with Crippen molar-refractivity contribution in [3.8, 4) is 0 Å². The van der Waals surface area contributed by atoms with Crippen LogP contribution >= 0.6 is 0 Å². The Morgan fingerprint density at radius 2 is 2.00 bits per heavy atom. The first-order valence-electron chi connectivity index (χ1n) is 9.32. The minimum atomic E-state index is -3.15. The average Bonchev–Trinajstić information content (AvgIpc) is 3.03. The number of carbonyl (C=O) groups is 1. The molecule has 2 aliphatic rings. The van der Waals surface area contributed by atoms with E-state index in [0.29, 0.717) is 0 Å². The summed E-state index contributed by atoms with van der Waals surface area (Å²) in [5, 5.41) is 2.44. The number of alkyl halides is 3.